The van der Waals surface area contributed by atoms with Gasteiger partial charge in [0, 0.05) is 5.56 Å². The van der Waals surface area contributed by atoms with Gasteiger partial charge in [-0.1, -0.05) is 60.2 Å². The maximum atomic E-state index is 10.8. The Morgan fingerprint density at radius 3 is 2.55 bits per heavy atom. The van der Waals surface area contributed by atoms with Crippen molar-refractivity contribution in [3.63, 3.8) is 0 Å². The monoisotopic (exact) mass is 284 g/mol. The van der Waals surface area contributed by atoms with Crippen LogP contribution >= 0.6 is 0 Å². The number of carbonyl (C=O) groups excluding carboxylic acids is 1. The summed E-state index contributed by atoms with van der Waals surface area (Å²) in [4.78, 5) is 10.8. The van der Waals surface area contributed by atoms with Crippen LogP contribution in [0.4, 0.5) is 0 Å². The van der Waals surface area contributed by atoms with Crippen molar-refractivity contribution < 1.29 is 9.53 Å². The van der Waals surface area contributed by atoms with Crippen molar-refractivity contribution in [3.8, 4) is 5.75 Å². The Morgan fingerprint density at radius 2 is 1.85 bits per heavy atom. The minimum absolute atomic E-state index is 0.651. The lowest BCUT2D eigenvalue weighted by Crippen LogP contribution is -2.48. The first kappa shape index (κ1) is 14.5. The lowest BCUT2D eigenvalue weighted by Gasteiger charge is -2.25. The molecule has 2 aromatic rings. The predicted molar refractivity (Wildman–Crippen MR) is 85.6 cm³/mol. The van der Waals surface area contributed by atoms with Gasteiger partial charge in [0.05, 0.1) is 6.23 Å². The minimum Gasteiger partial charge on any atom is -0.497 e. The molecule has 3 heteroatoms. The highest BCUT2D eigenvalue weighted by Gasteiger charge is 2.26. The molecule has 0 aliphatic carbocycles. The van der Waals surface area contributed by atoms with Crippen LogP contribution in [0.2, 0.25) is 13.1 Å². The molecule has 104 valence electrons. The second kappa shape index (κ2) is 6.05. The largest absolute Gasteiger partial charge is 0.497 e. The molecule has 0 heterocycles. The van der Waals surface area contributed by atoms with Gasteiger partial charge in [0.15, 0.2) is 0 Å². The lowest BCUT2D eigenvalue weighted by atomic mass is 10.2. The van der Waals surface area contributed by atoms with Gasteiger partial charge in [-0.2, -0.15) is 0 Å². The Morgan fingerprint density at radius 1 is 1.10 bits per heavy atom. The molecule has 0 aliphatic heterocycles. The first-order valence-corrected chi connectivity index (χ1v) is 9.98. The van der Waals surface area contributed by atoms with Crippen molar-refractivity contribution in [2.75, 3.05) is 6.23 Å². The Balaban J connectivity index is 2.13. The van der Waals surface area contributed by atoms with Crippen molar-refractivity contribution >= 4 is 19.5 Å². The van der Waals surface area contributed by atoms with Crippen LogP contribution in [-0.2, 0) is 0 Å². The van der Waals surface area contributed by atoms with E-state index in [0.29, 0.717) is 11.8 Å². The average Bonchev–Trinajstić information content (AvgIpc) is 2.46. The molecule has 0 amide bonds. The van der Waals surface area contributed by atoms with Crippen molar-refractivity contribution in [2.24, 2.45) is 0 Å². The number of aldehydes is 1. The van der Waals surface area contributed by atoms with Crippen LogP contribution in [-0.4, -0.2) is 20.6 Å². The highest BCUT2D eigenvalue weighted by Crippen LogP contribution is 2.15. The molecule has 0 saturated carbocycles. The third-order valence-corrected chi connectivity index (χ3v) is 6.35. The normalized spacial score (nSPS) is 11.2. The topological polar surface area (TPSA) is 26.3 Å². The van der Waals surface area contributed by atoms with Crippen LogP contribution in [0.15, 0.2) is 48.5 Å². The fraction of sp³-hybridized carbons (Fsp3) is 0.235. The fourth-order valence-electron chi connectivity index (χ4n) is 2.35. The zero-order valence-corrected chi connectivity index (χ0v) is 13.2. The van der Waals surface area contributed by atoms with Gasteiger partial charge in [-0.05, 0) is 19.1 Å². The molecule has 20 heavy (non-hydrogen) atoms. The summed E-state index contributed by atoms with van der Waals surface area (Å²) in [5, 5.41) is 1.42. The quantitative estimate of drug-likeness (QED) is 0.622. The second-order valence-corrected chi connectivity index (χ2v) is 10.3. The third kappa shape index (κ3) is 3.36. The van der Waals surface area contributed by atoms with Gasteiger partial charge in [-0.15, -0.1) is 0 Å². The van der Waals surface area contributed by atoms with E-state index in [4.69, 9.17) is 4.74 Å². The van der Waals surface area contributed by atoms with E-state index in [9.17, 15) is 4.79 Å². The van der Waals surface area contributed by atoms with Gasteiger partial charge in [0.2, 0.25) is 0 Å². The average molecular weight is 284 g/mol. The molecule has 0 radical (unpaired) electrons. The zero-order chi connectivity index (χ0) is 14.6. The summed E-state index contributed by atoms with van der Waals surface area (Å²) in [6.45, 7) is 6.76. The molecule has 0 aliphatic rings. The van der Waals surface area contributed by atoms with Crippen molar-refractivity contribution in [2.45, 2.75) is 20.0 Å². The van der Waals surface area contributed by atoms with Gasteiger partial charge in [0.25, 0.3) is 0 Å². The number of hydrogen-bond acceptors (Lipinski definition) is 2. The highest BCUT2D eigenvalue weighted by atomic mass is 28.3. The Bertz CT molecular complexity index is 605. The van der Waals surface area contributed by atoms with Crippen molar-refractivity contribution in [3.05, 3.63) is 59.7 Å². The smallest absolute Gasteiger partial charge is 0.150 e. The summed E-state index contributed by atoms with van der Waals surface area (Å²) in [5.74, 6) is 0.767. The Labute approximate surface area is 121 Å². The van der Waals surface area contributed by atoms with Crippen LogP contribution in [0.25, 0.3) is 0 Å². The van der Waals surface area contributed by atoms with E-state index in [1.165, 1.54) is 10.8 Å². The maximum Gasteiger partial charge on any atom is 0.150 e. The molecule has 0 fully saturated rings. The minimum atomic E-state index is -1.64. The summed E-state index contributed by atoms with van der Waals surface area (Å²) in [6, 6.07) is 15.8. The summed E-state index contributed by atoms with van der Waals surface area (Å²) < 4.78 is 5.93. The number of hydrogen-bond donors (Lipinski definition) is 0. The standard InChI is InChI=1S/C17H20O2Si/c1-14-7-4-5-10-17(14)20(2,3)13-19-16-9-6-8-15(11-16)12-18/h4-12H,13H2,1-3H3. The number of benzene rings is 2. The maximum absolute atomic E-state index is 10.8. The van der Waals surface area contributed by atoms with E-state index in [-0.39, 0.29) is 0 Å². The molecular formula is C17H20O2Si. The van der Waals surface area contributed by atoms with E-state index in [2.05, 4.69) is 44.3 Å². The summed E-state index contributed by atoms with van der Waals surface area (Å²) in [6.07, 6.45) is 1.55. The first-order chi connectivity index (χ1) is 9.53. The van der Waals surface area contributed by atoms with Crippen LogP contribution in [0.5, 0.6) is 5.75 Å². The molecule has 0 atom stereocenters. The van der Waals surface area contributed by atoms with Gasteiger partial charge < -0.3 is 4.74 Å². The van der Waals surface area contributed by atoms with Crippen LogP contribution in [0.3, 0.4) is 0 Å². The first-order valence-electron chi connectivity index (χ1n) is 6.77. The van der Waals surface area contributed by atoms with E-state index in [1.54, 1.807) is 12.1 Å². The van der Waals surface area contributed by atoms with Crippen LogP contribution in [0.1, 0.15) is 15.9 Å². The highest BCUT2D eigenvalue weighted by molar-refractivity contribution is 6.90. The van der Waals surface area contributed by atoms with Crippen molar-refractivity contribution in [1.82, 2.24) is 0 Å². The van der Waals surface area contributed by atoms with E-state index in [0.717, 1.165) is 12.0 Å². The fourth-order valence-corrected chi connectivity index (χ4v) is 4.73. The molecule has 0 saturated heterocycles. The molecule has 0 spiro atoms. The van der Waals surface area contributed by atoms with Gasteiger partial charge in [-0.3, -0.25) is 4.79 Å². The molecule has 2 aromatic carbocycles. The molecule has 2 rings (SSSR count). The molecule has 2 nitrogen and oxygen atoms in total. The van der Waals surface area contributed by atoms with E-state index in [1.807, 2.05) is 12.1 Å². The van der Waals surface area contributed by atoms with Crippen LogP contribution < -0.4 is 9.92 Å². The van der Waals surface area contributed by atoms with Gasteiger partial charge in [-0.25, -0.2) is 0 Å². The summed E-state index contributed by atoms with van der Waals surface area (Å²) in [5.41, 5.74) is 1.98. The summed E-state index contributed by atoms with van der Waals surface area (Å²) in [7, 11) is -1.64. The van der Waals surface area contributed by atoms with Crippen LogP contribution in [0, 0.1) is 6.92 Å². The van der Waals surface area contributed by atoms with Gasteiger partial charge >= 0.3 is 0 Å². The zero-order valence-electron chi connectivity index (χ0n) is 12.2. The number of aryl methyl sites for hydroxylation is 1. The summed E-state index contributed by atoms with van der Waals surface area (Å²) >= 11 is 0. The van der Waals surface area contributed by atoms with Crippen molar-refractivity contribution in [1.29, 1.82) is 0 Å². The predicted octanol–water partition coefficient (Wildman–Crippen LogP) is 3.34. The van der Waals surface area contributed by atoms with E-state index >= 15 is 0 Å². The van der Waals surface area contributed by atoms with E-state index < -0.39 is 8.07 Å². The molecular weight excluding hydrogens is 264 g/mol. The number of ether oxygens (including phenoxy) is 1. The number of carbonyl (C=O) groups is 1. The van der Waals surface area contributed by atoms with Gasteiger partial charge in [0.1, 0.15) is 20.1 Å². The Kier molecular flexibility index (Phi) is 4.40. The SMILES string of the molecule is Cc1ccccc1[Si](C)(C)COc1cccc(C=O)c1. The Hall–Kier alpha value is -1.87. The molecule has 0 unspecified atom stereocenters. The third-order valence-electron chi connectivity index (χ3n) is 3.47. The second-order valence-electron chi connectivity index (χ2n) is 5.68. The number of rotatable bonds is 5. The molecule has 0 bridgehead atoms. The lowest BCUT2D eigenvalue weighted by molar-refractivity contribution is 0.112. The molecule has 0 aromatic heterocycles. The molecule has 0 N–H and O–H groups in total.